The lowest BCUT2D eigenvalue weighted by Gasteiger charge is -2.45. The number of carbonyl (C=O) groups is 1. The standard InChI is InChI=1S/C30H28N2O2/c1-30(2)18-23-26(24(33)19-30)25(20-12-6-3-7-13-20)27(28(34)21-14-8-4-9-15-21)29(31)32(23)22-16-10-5-11-17-22/h3-17,25,31,34H,18-19H2,1-2H3/b28-27+,31-29?. The third-order valence-corrected chi connectivity index (χ3v) is 6.67. The molecule has 34 heavy (non-hydrogen) atoms. The monoisotopic (exact) mass is 448 g/mol. The van der Waals surface area contributed by atoms with Crippen LogP contribution in [0.3, 0.4) is 0 Å². The summed E-state index contributed by atoms with van der Waals surface area (Å²) < 4.78 is 0. The summed E-state index contributed by atoms with van der Waals surface area (Å²) in [5.74, 6) is -0.199. The van der Waals surface area contributed by atoms with Crippen molar-refractivity contribution in [3.8, 4) is 0 Å². The Morgan fingerprint density at radius 3 is 2.06 bits per heavy atom. The first kappa shape index (κ1) is 21.9. The quantitative estimate of drug-likeness (QED) is 0.429. The third-order valence-electron chi connectivity index (χ3n) is 6.67. The number of amidine groups is 1. The van der Waals surface area contributed by atoms with Crippen LogP contribution in [0.1, 0.15) is 43.7 Å². The Morgan fingerprint density at radius 1 is 0.882 bits per heavy atom. The second-order valence-corrected chi connectivity index (χ2v) is 9.79. The molecule has 4 heteroatoms. The number of carbonyl (C=O) groups excluding carboxylic acids is 1. The summed E-state index contributed by atoms with van der Waals surface area (Å²) in [6.45, 7) is 4.21. The molecule has 2 aliphatic rings. The molecule has 0 fully saturated rings. The van der Waals surface area contributed by atoms with Crippen LogP contribution in [0, 0.1) is 10.8 Å². The van der Waals surface area contributed by atoms with Crippen LogP contribution in [0.2, 0.25) is 0 Å². The predicted molar refractivity (Wildman–Crippen MR) is 137 cm³/mol. The van der Waals surface area contributed by atoms with Crippen molar-refractivity contribution in [3.63, 3.8) is 0 Å². The normalized spacial score (nSPS) is 21.4. The summed E-state index contributed by atoms with van der Waals surface area (Å²) in [6.07, 6.45) is 1.11. The minimum Gasteiger partial charge on any atom is -0.507 e. The van der Waals surface area contributed by atoms with Gasteiger partial charge in [-0.2, -0.15) is 0 Å². The highest BCUT2D eigenvalue weighted by Gasteiger charge is 2.46. The first-order chi connectivity index (χ1) is 16.4. The number of Topliss-reactive ketones (excluding diaryl/α,β-unsaturated/α-hetero) is 1. The maximum absolute atomic E-state index is 13.8. The van der Waals surface area contributed by atoms with Gasteiger partial charge in [0.05, 0.1) is 0 Å². The fourth-order valence-corrected chi connectivity index (χ4v) is 5.21. The van der Waals surface area contributed by atoms with Gasteiger partial charge in [-0.25, -0.2) is 0 Å². The molecular weight excluding hydrogens is 420 g/mol. The number of hydrogen-bond donors (Lipinski definition) is 2. The fraction of sp³-hybridized carbons (Fsp3) is 0.200. The van der Waals surface area contributed by atoms with Crippen molar-refractivity contribution in [3.05, 3.63) is 119 Å². The third kappa shape index (κ3) is 3.75. The molecule has 3 aromatic rings. The van der Waals surface area contributed by atoms with Crippen molar-refractivity contribution >= 4 is 23.1 Å². The Bertz CT molecular complexity index is 1310. The Hall–Kier alpha value is -3.92. The second kappa shape index (κ2) is 8.45. The molecule has 1 aliphatic heterocycles. The number of aliphatic hydroxyl groups is 1. The minimum absolute atomic E-state index is 0.0320. The average Bonchev–Trinajstić information content (AvgIpc) is 2.84. The molecule has 0 saturated heterocycles. The Morgan fingerprint density at radius 2 is 1.44 bits per heavy atom. The first-order valence-corrected chi connectivity index (χ1v) is 11.6. The molecule has 1 aliphatic carbocycles. The van der Waals surface area contributed by atoms with E-state index in [1.807, 2.05) is 95.9 Å². The zero-order chi connectivity index (χ0) is 23.9. The van der Waals surface area contributed by atoms with Gasteiger partial charge in [0.15, 0.2) is 5.78 Å². The average molecular weight is 449 g/mol. The summed E-state index contributed by atoms with van der Waals surface area (Å²) in [5.41, 5.74) is 4.12. The van der Waals surface area contributed by atoms with Crippen LogP contribution >= 0.6 is 0 Å². The van der Waals surface area contributed by atoms with Gasteiger partial charge in [0.25, 0.3) is 0 Å². The number of rotatable bonds is 3. The number of aliphatic hydroxyl groups excluding tert-OH is 1. The minimum atomic E-state index is -0.507. The van der Waals surface area contributed by atoms with Gasteiger partial charge in [0, 0.05) is 40.4 Å². The summed E-state index contributed by atoms with van der Waals surface area (Å²) in [5, 5.41) is 21.0. The number of allylic oxidation sites excluding steroid dienone is 2. The van der Waals surface area contributed by atoms with Crippen molar-refractivity contribution in [1.82, 2.24) is 0 Å². The van der Waals surface area contributed by atoms with Gasteiger partial charge in [-0.3, -0.25) is 15.1 Å². The fourth-order valence-electron chi connectivity index (χ4n) is 5.21. The Kier molecular flexibility index (Phi) is 5.45. The predicted octanol–water partition coefficient (Wildman–Crippen LogP) is 6.88. The van der Waals surface area contributed by atoms with Crippen molar-refractivity contribution < 1.29 is 9.90 Å². The summed E-state index contributed by atoms with van der Waals surface area (Å²) in [4.78, 5) is 15.6. The van der Waals surface area contributed by atoms with Crippen molar-refractivity contribution in [2.75, 3.05) is 4.90 Å². The van der Waals surface area contributed by atoms with E-state index in [1.54, 1.807) is 0 Å². The Balaban J connectivity index is 1.85. The smallest absolute Gasteiger partial charge is 0.162 e. The van der Waals surface area contributed by atoms with E-state index in [0.717, 1.165) is 16.9 Å². The van der Waals surface area contributed by atoms with E-state index in [-0.39, 0.29) is 22.8 Å². The molecule has 3 aromatic carbocycles. The van der Waals surface area contributed by atoms with Gasteiger partial charge in [-0.15, -0.1) is 0 Å². The van der Waals surface area contributed by atoms with Gasteiger partial charge in [-0.05, 0) is 29.5 Å². The number of ketones is 1. The number of benzene rings is 3. The lowest BCUT2D eigenvalue weighted by Crippen LogP contribution is -2.45. The molecular formula is C30H28N2O2. The van der Waals surface area contributed by atoms with E-state index in [9.17, 15) is 15.3 Å². The van der Waals surface area contributed by atoms with E-state index in [0.29, 0.717) is 29.6 Å². The molecule has 0 aromatic heterocycles. The Labute approximate surface area is 200 Å². The summed E-state index contributed by atoms with van der Waals surface area (Å²) in [7, 11) is 0. The zero-order valence-electron chi connectivity index (χ0n) is 19.5. The van der Waals surface area contributed by atoms with Crippen molar-refractivity contribution in [2.45, 2.75) is 32.6 Å². The maximum atomic E-state index is 13.8. The van der Waals surface area contributed by atoms with Gasteiger partial charge in [0.1, 0.15) is 11.6 Å². The van der Waals surface area contributed by atoms with Crippen molar-refractivity contribution in [1.29, 1.82) is 5.41 Å². The van der Waals surface area contributed by atoms with E-state index in [1.165, 1.54) is 0 Å². The highest BCUT2D eigenvalue weighted by atomic mass is 16.3. The summed E-state index contributed by atoms with van der Waals surface area (Å²) in [6, 6.07) is 28.8. The number of nitrogens with one attached hydrogen (secondary N) is 1. The van der Waals surface area contributed by atoms with E-state index in [2.05, 4.69) is 13.8 Å². The molecule has 0 amide bonds. The molecule has 0 radical (unpaired) electrons. The first-order valence-electron chi connectivity index (χ1n) is 11.6. The molecule has 0 spiro atoms. The molecule has 1 atom stereocenters. The van der Waals surface area contributed by atoms with Crippen LogP contribution in [-0.2, 0) is 4.79 Å². The molecule has 0 saturated carbocycles. The topological polar surface area (TPSA) is 64.4 Å². The molecule has 1 unspecified atom stereocenters. The van der Waals surface area contributed by atoms with Crippen LogP contribution in [0.5, 0.6) is 0 Å². The summed E-state index contributed by atoms with van der Waals surface area (Å²) >= 11 is 0. The highest BCUT2D eigenvalue weighted by Crippen LogP contribution is 2.51. The number of para-hydroxylation sites is 1. The molecule has 2 N–H and O–H groups in total. The van der Waals surface area contributed by atoms with E-state index < -0.39 is 5.92 Å². The van der Waals surface area contributed by atoms with Crippen LogP contribution in [0.4, 0.5) is 5.69 Å². The molecule has 170 valence electrons. The number of hydrogen-bond acceptors (Lipinski definition) is 3. The van der Waals surface area contributed by atoms with Crippen LogP contribution in [0.25, 0.3) is 5.76 Å². The number of anilines is 1. The number of nitrogens with zero attached hydrogens (tertiary/aromatic N) is 1. The van der Waals surface area contributed by atoms with Crippen LogP contribution in [0.15, 0.2) is 108 Å². The van der Waals surface area contributed by atoms with Gasteiger partial charge in [-0.1, -0.05) is 92.7 Å². The molecule has 4 nitrogen and oxygen atoms in total. The molecule has 5 rings (SSSR count). The zero-order valence-corrected chi connectivity index (χ0v) is 19.5. The van der Waals surface area contributed by atoms with Gasteiger partial charge in [0.2, 0.25) is 0 Å². The molecule has 1 heterocycles. The lowest BCUT2D eigenvalue weighted by atomic mass is 9.67. The molecule has 0 bridgehead atoms. The van der Waals surface area contributed by atoms with Crippen LogP contribution < -0.4 is 4.90 Å². The highest BCUT2D eigenvalue weighted by molar-refractivity contribution is 6.19. The van der Waals surface area contributed by atoms with Gasteiger partial charge >= 0.3 is 0 Å². The largest absolute Gasteiger partial charge is 0.507 e. The second-order valence-electron chi connectivity index (χ2n) is 9.79. The van der Waals surface area contributed by atoms with Gasteiger partial charge < -0.3 is 5.11 Å². The maximum Gasteiger partial charge on any atom is 0.162 e. The SMILES string of the molecule is CC1(C)CC(=O)C2=C(C1)N(c1ccccc1)C(=N)/C(=C(/O)c1ccccc1)C2c1ccccc1. The van der Waals surface area contributed by atoms with E-state index in [4.69, 9.17) is 0 Å². The van der Waals surface area contributed by atoms with Crippen LogP contribution in [-0.4, -0.2) is 16.7 Å². The lowest BCUT2D eigenvalue weighted by molar-refractivity contribution is -0.118. The van der Waals surface area contributed by atoms with Crippen molar-refractivity contribution in [2.24, 2.45) is 5.41 Å². The van der Waals surface area contributed by atoms with E-state index >= 15 is 0 Å².